The van der Waals surface area contributed by atoms with Crippen molar-refractivity contribution in [3.05, 3.63) is 158 Å². The van der Waals surface area contributed by atoms with Crippen LogP contribution in [0.2, 0.25) is 0 Å². The second kappa shape index (κ2) is 24.2. The number of anilines is 1. The molecule has 3 heterocycles. The number of carbonyl (C=O) groups excluding carboxylic acids is 1. The Morgan fingerprint density at radius 3 is 2.18 bits per heavy atom. The monoisotopic (exact) mass is 822 g/mol. The van der Waals surface area contributed by atoms with Crippen molar-refractivity contribution in [3.8, 4) is 34.0 Å². The molecule has 1 aliphatic heterocycles. The number of carbonyl (C=O) groups is 1. The van der Waals surface area contributed by atoms with Crippen LogP contribution >= 0.6 is 12.6 Å². The Hall–Kier alpha value is -5.93. The molecule has 4 aromatic carbocycles. The highest BCUT2D eigenvalue weighted by Crippen LogP contribution is 2.33. The number of benzene rings is 4. The molecular weight excluding hydrogens is 761 g/mol. The lowest BCUT2D eigenvalue weighted by atomic mass is 9.80. The van der Waals surface area contributed by atoms with Crippen LogP contribution in [0, 0.1) is 18.8 Å². The predicted octanol–water partition coefficient (Wildman–Crippen LogP) is 13.1. The van der Waals surface area contributed by atoms with E-state index in [0.29, 0.717) is 11.8 Å². The Morgan fingerprint density at radius 1 is 0.917 bits per heavy atom. The van der Waals surface area contributed by atoms with Crippen LogP contribution in [0.3, 0.4) is 0 Å². The number of rotatable bonds is 11. The fraction of sp³-hybridized carbons (Fsp3) is 0.294. The number of allylic oxidation sites excluding steroid dienone is 4. The second-order valence-corrected chi connectivity index (χ2v) is 15.0. The number of pyridine rings is 1. The summed E-state index contributed by atoms with van der Waals surface area (Å²) in [7, 11) is 4.06. The molecule has 1 fully saturated rings. The molecule has 7 rings (SSSR count). The van der Waals surface area contributed by atoms with E-state index in [1.54, 1.807) is 6.08 Å². The van der Waals surface area contributed by atoms with Crippen molar-refractivity contribution in [2.24, 2.45) is 11.8 Å². The van der Waals surface area contributed by atoms with E-state index in [0.717, 1.165) is 77.6 Å². The highest BCUT2D eigenvalue weighted by Gasteiger charge is 2.32. The zero-order valence-electron chi connectivity index (χ0n) is 36.4. The van der Waals surface area contributed by atoms with Crippen LogP contribution in [0.1, 0.15) is 52.5 Å². The third-order valence-corrected chi connectivity index (χ3v) is 10.6. The summed E-state index contributed by atoms with van der Waals surface area (Å²) in [5, 5.41) is 9.76. The molecule has 3 atom stereocenters. The molecule has 0 bridgehead atoms. The highest BCUT2D eigenvalue weighted by molar-refractivity contribution is 7.96. The number of aromatic nitrogens is 4. The van der Waals surface area contributed by atoms with Crippen molar-refractivity contribution in [1.29, 1.82) is 0 Å². The summed E-state index contributed by atoms with van der Waals surface area (Å²) in [5.41, 5.74) is 7.41. The van der Waals surface area contributed by atoms with E-state index in [1.807, 2.05) is 123 Å². The molecule has 0 radical (unpaired) electrons. The summed E-state index contributed by atoms with van der Waals surface area (Å²) in [6.45, 7) is 19.2. The summed E-state index contributed by atoms with van der Waals surface area (Å²) in [4.78, 5) is 20.5. The Morgan fingerprint density at radius 2 is 1.58 bits per heavy atom. The molecule has 3 unspecified atom stereocenters. The van der Waals surface area contributed by atoms with Crippen molar-refractivity contribution >= 4 is 34.5 Å². The minimum absolute atomic E-state index is 0.119. The first-order valence-corrected chi connectivity index (χ1v) is 21.3. The fourth-order valence-electron chi connectivity index (χ4n) is 7.05. The zero-order chi connectivity index (χ0) is 43.4. The number of ether oxygens (including phenoxy) is 1. The molecule has 60 heavy (non-hydrogen) atoms. The van der Waals surface area contributed by atoms with Gasteiger partial charge in [-0.05, 0) is 112 Å². The van der Waals surface area contributed by atoms with Gasteiger partial charge in [0.25, 0.3) is 5.24 Å². The van der Waals surface area contributed by atoms with Crippen LogP contribution in [0.25, 0.3) is 33.4 Å². The highest BCUT2D eigenvalue weighted by atomic mass is 32.1. The fourth-order valence-corrected chi connectivity index (χ4v) is 7.32. The first-order chi connectivity index (χ1) is 29.1. The van der Waals surface area contributed by atoms with Crippen molar-refractivity contribution < 1.29 is 9.53 Å². The summed E-state index contributed by atoms with van der Waals surface area (Å²) >= 11 is 4.04. The van der Waals surface area contributed by atoms with E-state index in [4.69, 9.17) is 9.72 Å². The maximum absolute atomic E-state index is 11.7. The summed E-state index contributed by atoms with van der Waals surface area (Å²) in [5.74, 6) is 2.44. The minimum Gasteiger partial charge on any atom is -0.457 e. The summed E-state index contributed by atoms with van der Waals surface area (Å²) < 4.78 is 7.75. The largest absolute Gasteiger partial charge is 0.457 e. The Balaban J connectivity index is 0.000000232. The minimum atomic E-state index is -0.119. The molecule has 0 aliphatic carbocycles. The average molecular weight is 823 g/mol. The first-order valence-electron chi connectivity index (χ1n) is 20.9. The lowest BCUT2D eigenvalue weighted by Crippen LogP contribution is -2.45. The molecular formula is C51H62N6O2S. The van der Waals surface area contributed by atoms with E-state index in [9.17, 15) is 4.79 Å². The van der Waals surface area contributed by atoms with Gasteiger partial charge in [0, 0.05) is 55.4 Å². The van der Waals surface area contributed by atoms with Crippen molar-refractivity contribution in [2.45, 2.75) is 66.5 Å². The summed E-state index contributed by atoms with van der Waals surface area (Å²) in [6, 6.07) is 36.9. The molecule has 8 nitrogen and oxygen atoms in total. The Labute approximate surface area is 363 Å². The smallest absolute Gasteiger partial charge is 0.278 e. The van der Waals surface area contributed by atoms with Crippen LogP contribution in [0.15, 0.2) is 153 Å². The summed E-state index contributed by atoms with van der Waals surface area (Å²) in [6.07, 6.45) is 12.5. The van der Waals surface area contributed by atoms with Crippen molar-refractivity contribution in [1.82, 2.24) is 24.9 Å². The lowest BCUT2D eigenvalue weighted by molar-refractivity contribution is 0.121. The van der Waals surface area contributed by atoms with Gasteiger partial charge in [-0.25, -0.2) is 4.98 Å². The topological polar surface area (TPSA) is 76.4 Å². The number of nitrogens with zero attached hydrogens (tertiary/aromatic N) is 6. The average Bonchev–Trinajstić information content (AvgIpc) is 3.76. The van der Waals surface area contributed by atoms with Gasteiger partial charge in [0.2, 0.25) is 0 Å². The van der Waals surface area contributed by atoms with Crippen LogP contribution in [-0.2, 0) is 6.54 Å². The van der Waals surface area contributed by atoms with E-state index in [-0.39, 0.29) is 11.3 Å². The molecule has 314 valence electrons. The second-order valence-electron chi connectivity index (χ2n) is 14.6. The van der Waals surface area contributed by atoms with Gasteiger partial charge in [0.1, 0.15) is 17.2 Å². The molecule has 1 amide bonds. The number of aryl methyl sites for hydroxylation is 1. The van der Waals surface area contributed by atoms with Gasteiger partial charge < -0.3 is 14.5 Å². The third-order valence-electron chi connectivity index (χ3n) is 10.3. The Kier molecular flexibility index (Phi) is 18.9. The van der Waals surface area contributed by atoms with Crippen LogP contribution < -0.4 is 9.64 Å². The number of fused-ring (bicyclic) bond motifs is 1. The van der Waals surface area contributed by atoms with E-state index >= 15 is 0 Å². The van der Waals surface area contributed by atoms with Crippen molar-refractivity contribution in [3.63, 3.8) is 0 Å². The van der Waals surface area contributed by atoms with Gasteiger partial charge in [-0.3, -0.25) is 9.48 Å². The molecule has 6 aromatic rings. The number of hydrogen-bond acceptors (Lipinski definition) is 6. The van der Waals surface area contributed by atoms with Crippen LogP contribution in [0.4, 0.5) is 10.5 Å². The third kappa shape index (κ3) is 13.6. The number of para-hydroxylation sites is 1. The molecule has 1 aliphatic rings. The predicted molar refractivity (Wildman–Crippen MR) is 256 cm³/mol. The number of hydrogen-bond donors (Lipinski definition) is 1. The van der Waals surface area contributed by atoms with Gasteiger partial charge in [-0.15, -0.1) is 11.7 Å². The van der Waals surface area contributed by atoms with Gasteiger partial charge in [-0.1, -0.05) is 118 Å². The van der Waals surface area contributed by atoms with Crippen molar-refractivity contribution in [2.75, 3.05) is 25.5 Å². The molecule has 1 saturated heterocycles. The van der Waals surface area contributed by atoms with E-state index in [1.165, 1.54) is 10.9 Å². The number of thiol groups is 1. The Bertz CT molecular complexity index is 2250. The maximum atomic E-state index is 11.7. The van der Waals surface area contributed by atoms with E-state index < -0.39 is 0 Å². The lowest BCUT2D eigenvalue weighted by Gasteiger charge is -2.40. The van der Waals surface area contributed by atoms with Gasteiger partial charge in [0.15, 0.2) is 0 Å². The van der Waals surface area contributed by atoms with Gasteiger partial charge >= 0.3 is 0 Å². The molecule has 9 heteroatoms. The van der Waals surface area contributed by atoms with Crippen LogP contribution in [0.5, 0.6) is 11.5 Å². The number of amides is 1. The SMILES string of the molecule is C=C/C=C\C.C=CC(Cn1cc(-c2ccc(N(C)C)cc2)nn1)C1CCN(C(=O)S)C(CC)C1.CC.Cc1ccc2nc(-c3ccc(Oc4ccccc4)cc3)ccc2c1. The molecule has 0 spiro atoms. The standard InChI is InChI=1S/C22H31N5OS.C22H17NO.C5H8.C2H6/c1-5-16(18-11-12-27(22(28)29)19(6-2)13-18)14-26-15-21(23-24-26)17-7-9-20(10-8-17)25(3)4;1-16-7-13-22-18(15-16)10-14-21(23-22)17-8-11-20(12-9-17)24-19-5-3-2-4-6-19;1-3-5-4-2;1-2/h5,7-10,15-16,18-19H,1,6,11-14H2,2-4H3,(H,28,29);2-15H,1H3;3-5H,1H2,2H3;1-2H3/b;;5-4-;. The molecule has 0 N–H and O–H groups in total. The zero-order valence-corrected chi connectivity index (χ0v) is 37.3. The van der Waals surface area contributed by atoms with E-state index in [2.05, 4.69) is 109 Å². The normalized spacial score (nSPS) is 15.0. The molecule has 2 aromatic heterocycles. The number of piperidine rings is 1. The number of likely N-dealkylation sites (tertiary alicyclic amines) is 1. The maximum Gasteiger partial charge on any atom is 0.278 e. The van der Waals surface area contributed by atoms with Crippen LogP contribution in [-0.4, -0.2) is 56.8 Å². The molecule has 0 saturated carbocycles. The van der Waals surface area contributed by atoms with Gasteiger partial charge in [0.05, 0.1) is 17.4 Å². The van der Waals surface area contributed by atoms with Gasteiger partial charge in [-0.2, -0.15) is 0 Å². The quantitative estimate of drug-likeness (QED) is 0.0797. The first kappa shape index (κ1) is 46.8.